The van der Waals surface area contributed by atoms with E-state index in [4.69, 9.17) is 5.73 Å². The van der Waals surface area contributed by atoms with Crippen molar-refractivity contribution in [1.29, 1.82) is 0 Å². The van der Waals surface area contributed by atoms with Gasteiger partial charge in [-0.15, -0.1) is 10.3 Å². The van der Waals surface area contributed by atoms with Crippen molar-refractivity contribution in [1.82, 2.24) is 5.06 Å². The summed E-state index contributed by atoms with van der Waals surface area (Å²) in [5.74, 6) is 0. The van der Waals surface area contributed by atoms with Gasteiger partial charge in [0.15, 0.2) is 0 Å². The molecule has 0 unspecified atom stereocenters. The summed E-state index contributed by atoms with van der Waals surface area (Å²) < 4.78 is 0. The van der Waals surface area contributed by atoms with Crippen LogP contribution in [0.4, 0.5) is 4.79 Å². The summed E-state index contributed by atoms with van der Waals surface area (Å²) in [7, 11) is 0. The first kappa shape index (κ1) is 12.1. The van der Waals surface area contributed by atoms with E-state index in [1.54, 1.807) is 0 Å². The lowest BCUT2D eigenvalue weighted by Gasteiger charge is -2.47. The molecule has 5 heteroatoms. The molecule has 1 rings (SSSR count). The lowest BCUT2D eigenvalue weighted by Crippen LogP contribution is -2.58. The number of carbonyl (C=O) groups is 1. The summed E-state index contributed by atoms with van der Waals surface area (Å²) >= 11 is 0. The van der Waals surface area contributed by atoms with E-state index >= 15 is 0 Å². The van der Waals surface area contributed by atoms with Gasteiger partial charge in [-0.3, -0.25) is 0 Å². The summed E-state index contributed by atoms with van der Waals surface area (Å²) in [6.07, 6.45) is 0.978. The van der Waals surface area contributed by atoms with Gasteiger partial charge in [0, 0.05) is 29.6 Å². The van der Waals surface area contributed by atoms with Crippen molar-refractivity contribution in [2.24, 2.45) is 10.7 Å². The average Bonchev–Trinajstić information content (AvgIpc) is 1.97. The van der Waals surface area contributed by atoms with Crippen molar-refractivity contribution >= 4 is 11.7 Å². The van der Waals surface area contributed by atoms with Crippen molar-refractivity contribution in [3.05, 3.63) is 0 Å². The van der Waals surface area contributed by atoms with Crippen molar-refractivity contribution in [3.63, 3.8) is 0 Å². The maximum absolute atomic E-state index is 11.9. The van der Waals surface area contributed by atoms with E-state index in [1.165, 1.54) is 0 Å². The monoisotopic (exact) mass is 212 g/mol. The summed E-state index contributed by atoms with van der Waals surface area (Å²) in [6, 6.07) is -0.684. The van der Waals surface area contributed by atoms with E-state index in [1.807, 2.05) is 27.7 Å². The second-order valence-corrected chi connectivity index (χ2v) is 5.29. The maximum Gasteiger partial charge on any atom is 0.338 e. The first-order valence-electron chi connectivity index (χ1n) is 4.98. The maximum atomic E-state index is 11.9. The molecule has 0 atom stereocenters. The Labute approximate surface area is 89.9 Å². The Morgan fingerprint density at radius 1 is 1.27 bits per heavy atom. The molecule has 0 spiro atoms. The van der Waals surface area contributed by atoms with Crippen molar-refractivity contribution in [3.8, 4) is 0 Å². The van der Waals surface area contributed by atoms with Crippen LogP contribution < -0.4 is 5.73 Å². The molecule has 0 bridgehead atoms. The van der Waals surface area contributed by atoms with Gasteiger partial charge in [-0.1, -0.05) is 0 Å². The number of hydroxylamine groups is 2. The Morgan fingerprint density at radius 3 is 2.00 bits per heavy atom. The van der Waals surface area contributed by atoms with Crippen LogP contribution in [0.5, 0.6) is 0 Å². The van der Waals surface area contributed by atoms with Gasteiger partial charge in [0.25, 0.3) is 0 Å². The Balaban J connectivity index is 2.99. The van der Waals surface area contributed by atoms with E-state index in [0.29, 0.717) is 18.6 Å². The molecule has 1 heterocycles. The minimum absolute atomic E-state index is 0.489. The summed E-state index contributed by atoms with van der Waals surface area (Å²) in [6.45, 7) is 7.38. The number of carbonyl (C=O) groups excluding carboxylic acids is 1. The predicted octanol–water partition coefficient (Wildman–Crippen LogP) is 1.50. The van der Waals surface area contributed by atoms with E-state index in [-0.39, 0.29) is 0 Å². The summed E-state index contributed by atoms with van der Waals surface area (Å²) in [5.41, 5.74) is 4.67. The molecule has 15 heavy (non-hydrogen) atoms. The smallest absolute Gasteiger partial charge is 0.338 e. The van der Waals surface area contributed by atoms with Gasteiger partial charge in [0.05, 0.1) is 0 Å². The lowest BCUT2D eigenvalue weighted by atomic mass is 9.81. The van der Waals surface area contributed by atoms with Crippen LogP contribution in [0, 0.1) is 0 Å². The number of nitrogens with two attached hydrogens (primary N) is 1. The van der Waals surface area contributed by atoms with Gasteiger partial charge < -0.3 is 5.73 Å². The number of hydrogen-bond acceptors (Lipinski definition) is 2. The fraction of sp³-hybridized carbons (Fsp3) is 0.800. The number of hydrogen-bond donors (Lipinski definition) is 1. The van der Waals surface area contributed by atoms with Gasteiger partial charge in [0.2, 0.25) is 0 Å². The topological polar surface area (TPSA) is 78.6 Å². The van der Waals surface area contributed by atoms with Crippen LogP contribution >= 0.6 is 0 Å². The highest BCUT2D eigenvalue weighted by Crippen LogP contribution is 2.35. The zero-order chi connectivity index (χ0) is 11.9. The van der Waals surface area contributed by atoms with Crippen molar-refractivity contribution < 1.29 is 10.0 Å². The molecule has 1 aliphatic heterocycles. The molecule has 0 saturated carbocycles. The van der Waals surface area contributed by atoms with Crippen LogP contribution in [0.3, 0.4) is 0 Å². The molecule has 0 aromatic carbocycles. The first-order chi connectivity index (χ1) is 6.65. The third-order valence-corrected chi connectivity index (χ3v) is 2.64. The summed E-state index contributed by atoms with van der Waals surface area (Å²) in [4.78, 5) is 14.5. The third kappa shape index (κ3) is 2.54. The highest BCUT2D eigenvalue weighted by molar-refractivity contribution is 5.96. The molecule has 85 valence electrons. The largest absolute Gasteiger partial charge is 0.350 e. The number of piperidine rings is 1. The van der Waals surface area contributed by atoms with Crippen molar-refractivity contribution in [2.45, 2.75) is 51.6 Å². The minimum Gasteiger partial charge on any atom is -0.350 e. The number of primary amides is 1. The highest BCUT2D eigenvalue weighted by Gasteiger charge is 2.44. The van der Waals surface area contributed by atoms with Crippen LogP contribution in [0.2, 0.25) is 0 Å². The average molecular weight is 212 g/mol. The molecule has 0 aromatic heterocycles. The molecule has 5 nitrogen and oxygen atoms in total. The minimum atomic E-state index is -0.684. The number of rotatable bonds is 0. The molecular formula is C10H18N3O2. The predicted molar refractivity (Wildman–Crippen MR) is 56.9 cm³/mol. The van der Waals surface area contributed by atoms with Crippen LogP contribution in [0.15, 0.2) is 4.99 Å². The molecular weight excluding hydrogens is 194 g/mol. The fourth-order valence-corrected chi connectivity index (χ4v) is 2.26. The standard InChI is InChI=1S/C10H18N3O2/c1-9(2)5-7(12-8(11)14)6-10(3,4)13(9)15/h5-6H2,1-4H3,(H2,11,14). The highest BCUT2D eigenvalue weighted by atomic mass is 16.5. The van der Waals surface area contributed by atoms with Crippen LogP contribution in [0.25, 0.3) is 0 Å². The van der Waals surface area contributed by atoms with E-state index in [2.05, 4.69) is 4.99 Å². The van der Waals surface area contributed by atoms with Crippen LogP contribution in [-0.2, 0) is 5.21 Å². The molecule has 1 aliphatic rings. The van der Waals surface area contributed by atoms with E-state index in [9.17, 15) is 10.0 Å². The molecule has 0 aromatic rings. The Kier molecular flexibility index (Phi) is 2.89. The van der Waals surface area contributed by atoms with Gasteiger partial charge in [0.1, 0.15) is 0 Å². The molecule has 2 N–H and O–H groups in total. The zero-order valence-corrected chi connectivity index (χ0v) is 9.70. The fourth-order valence-electron chi connectivity index (χ4n) is 2.26. The van der Waals surface area contributed by atoms with Crippen LogP contribution in [-0.4, -0.2) is 27.9 Å². The second-order valence-electron chi connectivity index (χ2n) is 5.29. The van der Waals surface area contributed by atoms with E-state index in [0.717, 1.165) is 5.06 Å². The summed E-state index contributed by atoms with van der Waals surface area (Å²) in [5, 5.41) is 13.0. The number of nitrogens with zero attached hydrogens (tertiary/aromatic N) is 2. The van der Waals surface area contributed by atoms with Crippen LogP contribution in [0.1, 0.15) is 40.5 Å². The lowest BCUT2D eigenvalue weighted by molar-refractivity contribution is -0.273. The Hall–Kier alpha value is -0.940. The van der Waals surface area contributed by atoms with E-state index < -0.39 is 17.1 Å². The van der Waals surface area contributed by atoms with Gasteiger partial charge in [-0.25, -0.2) is 9.79 Å². The van der Waals surface area contributed by atoms with Crippen molar-refractivity contribution in [2.75, 3.05) is 0 Å². The Morgan fingerprint density at radius 2 is 1.67 bits per heavy atom. The molecule has 1 radical (unpaired) electrons. The van der Waals surface area contributed by atoms with Gasteiger partial charge in [-0.05, 0) is 27.7 Å². The number of aliphatic imine (C=N–C) groups is 1. The van der Waals surface area contributed by atoms with Gasteiger partial charge >= 0.3 is 6.03 Å². The molecule has 2 amide bonds. The first-order valence-corrected chi connectivity index (χ1v) is 4.98. The SMILES string of the molecule is CC1(C)CC(=NC(N)=O)CC(C)(C)N1[O]. The number of urea groups is 1. The molecule has 0 aliphatic carbocycles. The zero-order valence-electron chi connectivity index (χ0n) is 9.70. The molecule has 1 fully saturated rings. The quantitative estimate of drug-likeness (QED) is 0.660. The third-order valence-electron chi connectivity index (χ3n) is 2.64. The second kappa shape index (κ2) is 3.57. The molecule has 1 saturated heterocycles. The number of amides is 2. The Bertz CT molecular complexity index is 288. The van der Waals surface area contributed by atoms with Gasteiger partial charge in [-0.2, -0.15) is 0 Å². The normalized spacial score (nSPS) is 25.0.